The molecule has 1 N–H and O–H groups in total. The third kappa shape index (κ3) is 4.04. The monoisotopic (exact) mass is 394 g/mol. The van der Waals surface area contributed by atoms with E-state index in [1.807, 2.05) is 13.0 Å². The van der Waals surface area contributed by atoms with Gasteiger partial charge in [0, 0.05) is 55.3 Å². The first kappa shape index (κ1) is 20.0. The quantitative estimate of drug-likeness (QED) is 0.687. The number of methoxy groups -OCH3 is 1. The minimum absolute atomic E-state index is 0.228. The number of hydrogen-bond acceptors (Lipinski definition) is 5. The molecule has 1 atom stereocenters. The largest absolute Gasteiger partial charge is 0.496 e. The number of benzene rings is 2. The molecule has 0 aliphatic carbocycles. The molecule has 2 aromatic carbocycles. The van der Waals surface area contributed by atoms with E-state index in [2.05, 4.69) is 53.2 Å². The van der Waals surface area contributed by atoms with Gasteiger partial charge in [0.25, 0.3) is 0 Å². The zero-order chi connectivity index (χ0) is 20.4. The zero-order valence-corrected chi connectivity index (χ0v) is 17.5. The number of aliphatic hydroxyl groups is 1. The topological polar surface area (TPSA) is 49.1 Å². The van der Waals surface area contributed by atoms with Gasteiger partial charge >= 0.3 is 0 Å². The van der Waals surface area contributed by atoms with Gasteiger partial charge in [0.2, 0.25) is 0 Å². The highest BCUT2D eigenvalue weighted by atomic mass is 16.5. The Hall–Kier alpha value is -2.34. The molecule has 0 saturated carbocycles. The molecule has 154 valence electrons. The Labute approximate surface area is 172 Å². The summed E-state index contributed by atoms with van der Waals surface area (Å²) in [5.74, 6) is 1.82. The number of ether oxygens (including phenoxy) is 1. The summed E-state index contributed by atoms with van der Waals surface area (Å²) in [5, 5.41) is 10.4. The van der Waals surface area contributed by atoms with Gasteiger partial charge in [0.1, 0.15) is 17.1 Å². The van der Waals surface area contributed by atoms with Crippen LogP contribution in [0.15, 0.2) is 46.9 Å². The molecule has 0 amide bonds. The van der Waals surface area contributed by atoms with Gasteiger partial charge < -0.3 is 19.2 Å². The van der Waals surface area contributed by atoms with Crippen molar-refractivity contribution in [2.45, 2.75) is 25.9 Å². The van der Waals surface area contributed by atoms with E-state index < -0.39 is 0 Å². The molecule has 2 heterocycles. The average Bonchev–Trinajstić information content (AvgIpc) is 3.05. The van der Waals surface area contributed by atoms with Gasteiger partial charge in [0.05, 0.1) is 7.11 Å². The van der Waals surface area contributed by atoms with Crippen molar-refractivity contribution in [3.05, 3.63) is 53.8 Å². The van der Waals surface area contributed by atoms with E-state index in [4.69, 9.17) is 9.15 Å². The lowest BCUT2D eigenvalue weighted by molar-refractivity contribution is 0.0738. The maximum atomic E-state index is 9.36. The van der Waals surface area contributed by atoms with E-state index in [0.717, 1.165) is 71.8 Å². The highest BCUT2D eigenvalue weighted by Gasteiger charge is 2.25. The molecule has 1 fully saturated rings. The fourth-order valence-electron chi connectivity index (χ4n) is 4.42. The molecule has 5 heteroatoms. The van der Waals surface area contributed by atoms with Crippen LogP contribution in [-0.2, 0) is 6.54 Å². The minimum Gasteiger partial charge on any atom is -0.496 e. The first-order valence-corrected chi connectivity index (χ1v) is 10.3. The third-order valence-corrected chi connectivity index (χ3v) is 6.05. The van der Waals surface area contributed by atoms with Crippen molar-refractivity contribution in [1.29, 1.82) is 0 Å². The van der Waals surface area contributed by atoms with Crippen LogP contribution in [0.1, 0.15) is 17.7 Å². The number of nitrogens with zero attached hydrogens (tertiary/aromatic N) is 2. The molecule has 29 heavy (non-hydrogen) atoms. The molecule has 1 aliphatic rings. The second kappa shape index (κ2) is 8.57. The number of hydrogen-bond donors (Lipinski definition) is 1. The van der Waals surface area contributed by atoms with Crippen LogP contribution in [0.2, 0.25) is 0 Å². The lowest BCUT2D eigenvalue weighted by Crippen LogP contribution is -2.51. The first-order valence-electron chi connectivity index (χ1n) is 10.3. The normalized spacial score (nSPS) is 18.4. The summed E-state index contributed by atoms with van der Waals surface area (Å²) >= 11 is 0. The Morgan fingerprint density at radius 1 is 1.17 bits per heavy atom. The van der Waals surface area contributed by atoms with Gasteiger partial charge in [-0.05, 0) is 38.1 Å². The fourth-order valence-corrected chi connectivity index (χ4v) is 4.42. The van der Waals surface area contributed by atoms with Crippen LogP contribution in [-0.4, -0.2) is 61.3 Å². The van der Waals surface area contributed by atoms with Crippen molar-refractivity contribution in [3.8, 4) is 16.9 Å². The fraction of sp³-hybridized carbons (Fsp3) is 0.417. The number of piperazine rings is 1. The molecule has 0 bridgehead atoms. The Bertz CT molecular complexity index is 967. The summed E-state index contributed by atoms with van der Waals surface area (Å²) in [7, 11) is 3.87. The van der Waals surface area contributed by atoms with Crippen LogP contribution in [0.25, 0.3) is 22.1 Å². The Morgan fingerprint density at radius 3 is 2.69 bits per heavy atom. The summed E-state index contributed by atoms with van der Waals surface area (Å²) in [5.41, 5.74) is 4.33. The van der Waals surface area contributed by atoms with E-state index >= 15 is 0 Å². The summed E-state index contributed by atoms with van der Waals surface area (Å²) in [6.07, 6.45) is 0.807. The predicted octanol–water partition coefficient (Wildman–Crippen LogP) is 3.92. The van der Waals surface area contributed by atoms with Crippen LogP contribution in [0, 0.1) is 6.92 Å². The molecule has 0 spiro atoms. The van der Waals surface area contributed by atoms with Gasteiger partial charge in [-0.1, -0.05) is 30.3 Å². The zero-order valence-electron chi connectivity index (χ0n) is 17.5. The molecule has 1 saturated heterocycles. The van der Waals surface area contributed by atoms with Crippen LogP contribution >= 0.6 is 0 Å². The van der Waals surface area contributed by atoms with E-state index in [1.165, 1.54) is 0 Å². The van der Waals surface area contributed by atoms with Crippen molar-refractivity contribution < 1.29 is 14.3 Å². The molecular formula is C24H30N2O3. The predicted molar refractivity (Wildman–Crippen MR) is 116 cm³/mol. The Kier molecular flexibility index (Phi) is 5.90. The number of aryl methyl sites for hydroxylation is 1. The van der Waals surface area contributed by atoms with E-state index in [9.17, 15) is 5.11 Å². The second-order valence-electron chi connectivity index (χ2n) is 7.94. The second-order valence-corrected chi connectivity index (χ2v) is 7.94. The van der Waals surface area contributed by atoms with Gasteiger partial charge in [-0.3, -0.25) is 4.90 Å². The van der Waals surface area contributed by atoms with Crippen molar-refractivity contribution in [2.24, 2.45) is 0 Å². The van der Waals surface area contributed by atoms with Crippen molar-refractivity contribution >= 4 is 11.0 Å². The molecular weight excluding hydrogens is 364 g/mol. The number of likely N-dealkylation sites (N-methyl/N-ethyl adjacent to an activating group) is 1. The summed E-state index contributed by atoms with van der Waals surface area (Å²) in [6.45, 7) is 6.03. The highest BCUT2D eigenvalue weighted by molar-refractivity contribution is 5.97. The van der Waals surface area contributed by atoms with Crippen molar-refractivity contribution in [1.82, 2.24) is 9.80 Å². The number of aliphatic hydroxyl groups excluding tert-OH is 1. The third-order valence-electron chi connectivity index (χ3n) is 6.05. The van der Waals surface area contributed by atoms with Crippen LogP contribution in [0.5, 0.6) is 5.75 Å². The number of furan rings is 1. The summed E-state index contributed by atoms with van der Waals surface area (Å²) < 4.78 is 11.9. The van der Waals surface area contributed by atoms with Crippen LogP contribution in [0.4, 0.5) is 0 Å². The molecule has 3 aromatic rings. The Balaban J connectivity index is 1.66. The maximum absolute atomic E-state index is 9.36. The van der Waals surface area contributed by atoms with Crippen molar-refractivity contribution in [3.63, 3.8) is 0 Å². The van der Waals surface area contributed by atoms with Crippen LogP contribution < -0.4 is 4.74 Å². The standard InChI is InChI=1S/C24H30N2O3/c1-17-24(18-7-5-4-6-8-18)21-14-22(28-3)19(13-23(21)29-17)15-26-11-10-25(2)20(16-26)9-12-27/h4-8,13-14,20,27H,9-12,15-16H2,1-3H3/t20-/m0/s1. The molecule has 5 nitrogen and oxygen atoms in total. The minimum atomic E-state index is 0.228. The van der Waals surface area contributed by atoms with Crippen molar-refractivity contribution in [2.75, 3.05) is 40.4 Å². The molecule has 0 unspecified atom stereocenters. The smallest absolute Gasteiger partial charge is 0.135 e. The maximum Gasteiger partial charge on any atom is 0.135 e. The lowest BCUT2D eigenvalue weighted by atomic mass is 10.0. The number of fused-ring (bicyclic) bond motifs is 1. The Morgan fingerprint density at radius 2 is 1.97 bits per heavy atom. The van der Waals surface area contributed by atoms with E-state index in [1.54, 1.807) is 7.11 Å². The first-order chi connectivity index (χ1) is 14.1. The summed E-state index contributed by atoms with van der Waals surface area (Å²) in [6, 6.07) is 15.0. The van der Waals surface area contributed by atoms with Gasteiger partial charge in [-0.25, -0.2) is 0 Å². The lowest BCUT2D eigenvalue weighted by Gasteiger charge is -2.39. The number of rotatable bonds is 6. The molecule has 0 radical (unpaired) electrons. The van der Waals surface area contributed by atoms with Gasteiger partial charge in [-0.15, -0.1) is 0 Å². The van der Waals surface area contributed by atoms with Crippen LogP contribution in [0.3, 0.4) is 0 Å². The average molecular weight is 395 g/mol. The van der Waals surface area contributed by atoms with Gasteiger partial charge in [0.15, 0.2) is 0 Å². The SMILES string of the molecule is COc1cc2c(-c3ccccc3)c(C)oc2cc1CN1CCN(C)[C@@H](CCO)C1. The van der Waals surface area contributed by atoms with Gasteiger partial charge in [-0.2, -0.15) is 0 Å². The summed E-state index contributed by atoms with van der Waals surface area (Å²) in [4.78, 5) is 4.78. The molecule has 4 rings (SSSR count). The van der Waals surface area contributed by atoms with E-state index in [-0.39, 0.29) is 6.61 Å². The van der Waals surface area contributed by atoms with E-state index in [0.29, 0.717) is 6.04 Å². The molecule has 1 aromatic heterocycles. The molecule has 1 aliphatic heterocycles. The highest BCUT2D eigenvalue weighted by Crippen LogP contribution is 2.38.